The average molecular weight is 328 g/mol. The Morgan fingerprint density at radius 1 is 1.12 bits per heavy atom. The van der Waals surface area contributed by atoms with Gasteiger partial charge >= 0.3 is 0 Å². The minimum atomic E-state index is -0.419. The Balaban J connectivity index is 1.83. The molecule has 0 unspecified atom stereocenters. The van der Waals surface area contributed by atoms with Crippen molar-refractivity contribution in [1.82, 2.24) is 4.90 Å². The summed E-state index contributed by atoms with van der Waals surface area (Å²) in [4.78, 5) is 29.6. The number of benzene rings is 1. The molecule has 1 aromatic carbocycles. The standard InChI is InChI=1S/C20H28N2O2/c1-4-15(5-2)18(23)21-13-11-20(12-14-21)16-9-7-8-10-17(16)22(6-3)19(20)24/h7-10,15H,4-6,11-14H2,1-3H3. The Labute approximate surface area is 144 Å². The molecule has 1 fully saturated rings. The molecule has 1 saturated heterocycles. The maximum atomic E-state index is 13.1. The summed E-state index contributed by atoms with van der Waals surface area (Å²) in [7, 11) is 0. The van der Waals surface area contributed by atoms with Crippen molar-refractivity contribution >= 4 is 17.5 Å². The van der Waals surface area contributed by atoms with Gasteiger partial charge in [-0.05, 0) is 44.2 Å². The minimum Gasteiger partial charge on any atom is -0.342 e. The number of likely N-dealkylation sites (tertiary alicyclic amines) is 1. The van der Waals surface area contributed by atoms with Crippen molar-refractivity contribution in [3.8, 4) is 0 Å². The lowest BCUT2D eigenvalue weighted by molar-refractivity contribution is -0.139. The first-order valence-corrected chi connectivity index (χ1v) is 9.29. The van der Waals surface area contributed by atoms with E-state index in [1.165, 1.54) is 0 Å². The Morgan fingerprint density at radius 3 is 2.33 bits per heavy atom. The Kier molecular flexibility index (Phi) is 4.66. The summed E-state index contributed by atoms with van der Waals surface area (Å²) < 4.78 is 0. The van der Waals surface area contributed by atoms with Gasteiger partial charge in [0.1, 0.15) is 0 Å². The predicted octanol–water partition coefficient (Wildman–Crippen LogP) is 3.35. The number of piperidine rings is 1. The second kappa shape index (κ2) is 6.58. The number of hydrogen-bond donors (Lipinski definition) is 0. The highest BCUT2D eigenvalue weighted by Crippen LogP contribution is 2.47. The summed E-state index contributed by atoms with van der Waals surface area (Å²) in [6.07, 6.45) is 3.27. The molecule has 1 aromatic rings. The molecule has 0 bridgehead atoms. The topological polar surface area (TPSA) is 40.6 Å². The molecule has 0 aromatic heterocycles. The Morgan fingerprint density at radius 2 is 1.75 bits per heavy atom. The molecule has 0 saturated carbocycles. The van der Waals surface area contributed by atoms with Crippen molar-refractivity contribution in [3.05, 3.63) is 29.8 Å². The number of carbonyl (C=O) groups excluding carboxylic acids is 2. The van der Waals surface area contributed by atoms with E-state index in [1.807, 2.05) is 34.9 Å². The zero-order valence-corrected chi connectivity index (χ0v) is 15.0. The Bertz CT molecular complexity index is 628. The van der Waals surface area contributed by atoms with E-state index in [0.29, 0.717) is 19.6 Å². The molecule has 2 heterocycles. The van der Waals surface area contributed by atoms with E-state index in [4.69, 9.17) is 0 Å². The molecule has 0 atom stereocenters. The molecule has 2 amide bonds. The number of nitrogens with zero attached hydrogens (tertiary/aromatic N) is 2. The van der Waals surface area contributed by atoms with Crippen LogP contribution in [0.15, 0.2) is 24.3 Å². The number of carbonyl (C=O) groups is 2. The smallest absolute Gasteiger partial charge is 0.237 e. The number of para-hydroxylation sites is 1. The van der Waals surface area contributed by atoms with Crippen LogP contribution in [0.5, 0.6) is 0 Å². The first-order valence-electron chi connectivity index (χ1n) is 9.29. The largest absolute Gasteiger partial charge is 0.342 e. The lowest BCUT2D eigenvalue weighted by atomic mass is 9.73. The average Bonchev–Trinajstić information content (AvgIpc) is 2.85. The summed E-state index contributed by atoms with van der Waals surface area (Å²) in [5.41, 5.74) is 1.80. The van der Waals surface area contributed by atoms with Crippen LogP contribution in [0.2, 0.25) is 0 Å². The fourth-order valence-electron chi connectivity index (χ4n) is 4.40. The SMILES string of the molecule is CCC(CC)C(=O)N1CCC2(CC1)C(=O)N(CC)c1ccccc12. The van der Waals surface area contributed by atoms with Crippen LogP contribution in [0.1, 0.15) is 52.0 Å². The molecular formula is C20H28N2O2. The Hall–Kier alpha value is -1.84. The molecule has 24 heavy (non-hydrogen) atoms. The summed E-state index contributed by atoms with van der Waals surface area (Å²) in [6, 6.07) is 8.17. The van der Waals surface area contributed by atoms with Crippen LogP contribution in [0, 0.1) is 5.92 Å². The van der Waals surface area contributed by atoms with Crippen LogP contribution in [-0.4, -0.2) is 36.3 Å². The molecule has 2 aliphatic heterocycles. The van der Waals surface area contributed by atoms with E-state index in [2.05, 4.69) is 19.9 Å². The van der Waals surface area contributed by atoms with Gasteiger partial charge in [0.25, 0.3) is 0 Å². The number of hydrogen-bond acceptors (Lipinski definition) is 2. The van der Waals surface area contributed by atoms with Crippen molar-refractivity contribution < 1.29 is 9.59 Å². The molecular weight excluding hydrogens is 300 g/mol. The maximum absolute atomic E-state index is 13.1. The lowest BCUT2D eigenvalue weighted by Crippen LogP contribution is -2.51. The van der Waals surface area contributed by atoms with Gasteiger partial charge in [-0.1, -0.05) is 32.0 Å². The third-order valence-electron chi connectivity index (χ3n) is 5.94. The lowest BCUT2D eigenvalue weighted by Gasteiger charge is -2.39. The monoisotopic (exact) mass is 328 g/mol. The van der Waals surface area contributed by atoms with Gasteiger partial charge in [0, 0.05) is 31.2 Å². The number of amides is 2. The molecule has 0 radical (unpaired) electrons. The quantitative estimate of drug-likeness (QED) is 0.850. The summed E-state index contributed by atoms with van der Waals surface area (Å²) in [6.45, 7) is 8.26. The van der Waals surface area contributed by atoms with Gasteiger partial charge in [-0.2, -0.15) is 0 Å². The van der Waals surface area contributed by atoms with E-state index in [9.17, 15) is 9.59 Å². The molecule has 3 rings (SSSR count). The second-order valence-electron chi connectivity index (χ2n) is 6.99. The first-order chi connectivity index (χ1) is 11.6. The molecule has 0 aliphatic carbocycles. The third kappa shape index (κ3) is 2.43. The van der Waals surface area contributed by atoms with Crippen molar-refractivity contribution in [3.63, 3.8) is 0 Å². The highest BCUT2D eigenvalue weighted by atomic mass is 16.2. The highest BCUT2D eigenvalue weighted by Gasteiger charge is 2.51. The number of likely N-dealkylation sites (N-methyl/N-ethyl adjacent to an activating group) is 1. The molecule has 4 heteroatoms. The van der Waals surface area contributed by atoms with Crippen LogP contribution in [0.3, 0.4) is 0 Å². The van der Waals surface area contributed by atoms with Gasteiger partial charge < -0.3 is 9.80 Å². The van der Waals surface area contributed by atoms with Crippen LogP contribution in [0.4, 0.5) is 5.69 Å². The van der Waals surface area contributed by atoms with E-state index < -0.39 is 5.41 Å². The minimum absolute atomic E-state index is 0.123. The summed E-state index contributed by atoms with van der Waals surface area (Å²) in [5, 5.41) is 0. The van der Waals surface area contributed by atoms with Gasteiger partial charge in [0.2, 0.25) is 11.8 Å². The van der Waals surface area contributed by atoms with Crippen LogP contribution in [0.25, 0.3) is 0 Å². The van der Waals surface area contributed by atoms with E-state index in [-0.39, 0.29) is 17.7 Å². The van der Waals surface area contributed by atoms with Crippen molar-refractivity contribution in [2.24, 2.45) is 5.92 Å². The van der Waals surface area contributed by atoms with Gasteiger partial charge in [0.05, 0.1) is 5.41 Å². The second-order valence-corrected chi connectivity index (χ2v) is 6.99. The van der Waals surface area contributed by atoms with Crippen molar-refractivity contribution in [2.75, 3.05) is 24.5 Å². The molecule has 130 valence electrons. The van der Waals surface area contributed by atoms with Crippen molar-refractivity contribution in [2.45, 2.75) is 51.9 Å². The fourth-order valence-corrected chi connectivity index (χ4v) is 4.40. The maximum Gasteiger partial charge on any atom is 0.237 e. The molecule has 4 nitrogen and oxygen atoms in total. The van der Waals surface area contributed by atoms with Gasteiger partial charge in [-0.15, -0.1) is 0 Å². The highest BCUT2D eigenvalue weighted by molar-refractivity contribution is 6.08. The molecule has 0 N–H and O–H groups in total. The zero-order chi connectivity index (χ0) is 17.3. The number of anilines is 1. The first kappa shape index (κ1) is 17.0. The van der Waals surface area contributed by atoms with Gasteiger partial charge in [0.15, 0.2) is 0 Å². The molecule has 2 aliphatic rings. The van der Waals surface area contributed by atoms with E-state index >= 15 is 0 Å². The van der Waals surface area contributed by atoms with Crippen LogP contribution in [-0.2, 0) is 15.0 Å². The van der Waals surface area contributed by atoms with Crippen LogP contribution < -0.4 is 4.90 Å². The summed E-state index contributed by atoms with van der Waals surface area (Å²) in [5.74, 6) is 0.611. The number of rotatable bonds is 4. The predicted molar refractivity (Wildman–Crippen MR) is 96.0 cm³/mol. The third-order valence-corrected chi connectivity index (χ3v) is 5.94. The normalized spacial score (nSPS) is 19.2. The zero-order valence-electron chi connectivity index (χ0n) is 15.0. The fraction of sp³-hybridized carbons (Fsp3) is 0.600. The summed E-state index contributed by atoms with van der Waals surface area (Å²) >= 11 is 0. The van der Waals surface area contributed by atoms with E-state index in [0.717, 1.165) is 36.9 Å². The van der Waals surface area contributed by atoms with Crippen molar-refractivity contribution in [1.29, 1.82) is 0 Å². The number of fused-ring (bicyclic) bond motifs is 2. The van der Waals surface area contributed by atoms with E-state index in [1.54, 1.807) is 0 Å². The van der Waals surface area contributed by atoms with Crippen LogP contribution >= 0.6 is 0 Å². The molecule has 1 spiro atoms. The van der Waals surface area contributed by atoms with Gasteiger partial charge in [-0.3, -0.25) is 9.59 Å². The van der Waals surface area contributed by atoms with Gasteiger partial charge in [-0.25, -0.2) is 0 Å².